The normalized spacial score (nSPS) is 23.8. The van der Waals surface area contributed by atoms with Gasteiger partial charge in [-0.25, -0.2) is 13.1 Å². The van der Waals surface area contributed by atoms with Crippen molar-refractivity contribution in [2.45, 2.75) is 43.6 Å². The van der Waals surface area contributed by atoms with Crippen LogP contribution in [0.4, 0.5) is 0 Å². The van der Waals surface area contributed by atoms with E-state index in [2.05, 4.69) is 4.72 Å². The molecule has 1 fully saturated rings. The predicted molar refractivity (Wildman–Crippen MR) is 79.3 cm³/mol. The molecule has 6 heteroatoms. The first-order valence-corrected chi connectivity index (χ1v) is 8.68. The highest BCUT2D eigenvalue weighted by molar-refractivity contribution is 7.89. The van der Waals surface area contributed by atoms with Gasteiger partial charge in [0.1, 0.15) is 4.90 Å². The molecule has 1 saturated carbocycles. The number of aliphatic hydroxyl groups is 1. The van der Waals surface area contributed by atoms with Gasteiger partial charge in [0.15, 0.2) is 0 Å². The van der Waals surface area contributed by atoms with E-state index < -0.39 is 10.0 Å². The Morgan fingerprint density at radius 1 is 1.40 bits per heavy atom. The maximum Gasteiger partial charge on any atom is 0.242 e. The molecule has 2 atom stereocenters. The van der Waals surface area contributed by atoms with Crippen LogP contribution in [-0.4, -0.2) is 26.2 Å². The van der Waals surface area contributed by atoms with Gasteiger partial charge in [0.05, 0.1) is 11.1 Å². The Morgan fingerprint density at radius 2 is 2.15 bits per heavy atom. The lowest BCUT2D eigenvalue weighted by molar-refractivity contribution is 0.102. The summed E-state index contributed by atoms with van der Waals surface area (Å²) in [7, 11) is -3.59. The molecule has 0 spiro atoms. The van der Waals surface area contributed by atoms with Crippen LogP contribution in [0, 0.1) is 12.8 Å². The van der Waals surface area contributed by atoms with Crippen molar-refractivity contribution in [1.82, 2.24) is 4.72 Å². The Labute approximate surface area is 125 Å². The molecule has 4 nitrogen and oxygen atoms in total. The predicted octanol–water partition coefficient (Wildman–Crippen LogP) is 2.48. The molecule has 2 unspecified atom stereocenters. The second-order valence-corrected chi connectivity index (χ2v) is 7.61. The molecule has 0 bridgehead atoms. The van der Waals surface area contributed by atoms with Crippen LogP contribution in [0.1, 0.15) is 31.2 Å². The lowest BCUT2D eigenvalue weighted by Crippen LogP contribution is -2.33. The van der Waals surface area contributed by atoms with E-state index in [1.165, 1.54) is 6.07 Å². The number of sulfonamides is 1. The monoisotopic (exact) mass is 317 g/mol. The van der Waals surface area contributed by atoms with E-state index in [1.807, 2.05) is 6.92 Å². The van der Waals surface area contributed by atoms with Gasteiger partial charge >= 0.3 is 0 Å². The van der Waals surface area contributed by atoms with E-state index in [4.69, 9.17) is 11.6 Å². The minimum absolute atomic E-state index is 0.112. The lowest BCUT2D eigenvalue weighted by Gasteiger charge is -2.25. The van der Waals surface area contributed by atoms with Crippen LogP contribution in [-0.2, 0) is 10.0 Å². The van der Waals surface area contributed by atoms with Crippen molar-refractivity contribution in [3.63, 3.8) is 0 Å². The number of aliphatic hydroxyl groups excluding tert-OH is 1. The Morgan fingerprint density at radius 3 is 2.80 bits per heavy atom. The number of hydrogen-bond acceptors (Lipinski definition) is 3. The molecular formula is C14H20ClNO3S. The Hall–Kier alpha value is -0.620. The number of benzene rings is 1. The van der Waals surface area contributed by atoms with E-state index in [0.717, 1.165) is 24.8 Å². The van der Waals surface area contributed by atoms with Crippen molar-refractivity contribution in [1.29, 1.82) is 0 Å². The van der Waals surface area contributed by atoms with E-state index in [9.17, 15) is 13.5 Å². The van der Waals surface area contributed by atoms with E-state index in [1.54, 1.807) is 12.1 Å². The third-order valence-electron chi connectivity index (χ3n) is 3.69. The first-order chi connectivity index (χ1) is 9.38. The summed E-state index contributed by atoms with van der Waals surface area (Å²) in [4.78, 5) is 0.112. The standard InChI is InChI=1S/C14H20ClNO3S/c1-10-5-6-14(13(15)7-10)20(18,19)16-9-11-3-2-4-12(17)8-11/h5-7,11-12,16-17H,2-4,8-9H2,1H3. The molecule has 0 saturated heterocycles. The topological polar surface area (TPSA) is 66.4 Å². The van der Waals surface area contributed by atoms with E-state index in [0.29, 0.717) is 13.0 Å². The third-order valence-corrected chi connectivity index (χ3v) is 5.60. The highest BCUT2D eigenvalue weighted by Crippen LogP contribution is 2.25. The highest BCUT2D eigenvalue weighted by atomic mass is 35.5. The second-order valence-electron chi connectivity index (χ2n) is 5.47. The molecule has 0 aliphatic heterocycles. The fourth-order valence-corrected chi connectivity index (χ4v) is 4.29. The van der Waals surface area contributed by atoms with Crippen molar-refractivity contribution < 1.29 is 13.5 Å². The Bertz CT molecular complexity index is 574. The molecular weight excluding hydrogens is 298 g/mol. The smallest absolute Gasteiger partial charge is 0.242 e. The maximum atomic E-state index is 12.2. The zero-order valence-electron chi connectivity index (χ0n) is 11.5. The van der Waals surface area contributed by atoms with Crippen molar-refractivity contribution in [2.75, 3.05) is 6.54 Å². The zero-order valence-corrected chi connectivity index (χ0v) is 13.0. The minimum Gasteiger partial charge on any atom is -0.393 e. The van der Waals surface area contributed by atoms with Crippen LogP contribution < -0.4 is 4.72 Å². The van der Waals surface area contributed by atoms with Gasteiger partial charge in [-0.15, -0.1) is 0 Å². The average molecular weight is 318 g/mol. The van der Waals surface area contributed by atoms with Crippen LogP contribution in [0.25, 0.3) is 0 Å². The third kappa shape index (κ3) is 3.95. The van der Waals surface area contributed by atoms with Crippen molar-refractivity contribution >= 4 is 21.6 Å². The number of halogens is 1. The SMILES string of the molecule is Cc1ccc(S(=O)(=O)NCC2CCCC(O)C2)c(Cl)c1. The van der Waals surface area contributed by atoms with Crippen LogP contribution in [0.3, 0.4) is 0 Å². The summed E-state index contributed by atoms with van der Waals surface area (Å²) in [6, 6.07) is 4.89. The fraction of sp³-hybridized carbons (Fsp3) is 0.571. The Kier molecular flexibility index (Phi) is 5.07. The van der Waals surface area contributed by atoms with Crippen molar-refractivity contribution in [2.24, 2.45) is 5.92 Å². The maximum absolute atomic E-state index is 12.2. The quantitative estimate of drug-likeness (QED) is 0.896. The number of rotatable bonds is 4. The molecule has 0 amide bonds. The molecule has 1 aliphatic carbocycles. The average Bonchev–Trinajstić information content (AvgIpc) is 2.36. The van der Waals surface area contributed by atoms with Gasteiger partial charge in [-0.3, -0.25) is 0 Å². The molecule has 0 aromatic heterocycles. The first kappa shape index (κ1) is 15.8. The first-order valence-electron chi connectivity index (χ1n) is 6.82. The van der Waals surface area contributed by atoms with E-state index >= 15 is 0 Å². The largest absolute Gasteiger partial charge is 0.393 e. The van der Waals surface area contributed by atoms with Gasteiger partial charge in [0.25, 0.3) is 0 Å². The summed E-state index contributed by atoms with van der Waals surface area (Å²) < 4.78 is 27.1. The summed E-state index contributed by atoms with van der Waals surface area (Å²) in [5.74, 6) is 0.192. The van der Waals surface area contributed by atoms with Gasteiger partial charge < -0.3 is 5.11 Å². The van der Waals surface area contributed by atoms with Gasteiger partial charge in [-0.05, 0) is 49.8 Å². The summed E-state index contributed by atoms with van der Waals surface area (Å²) >= 11 is 6.00. The zero-order chi connectivity index (χ0) is 14.8. The van der Waals surface area contributed by atoms with Gasteiger partial charge in [0.2, 0.25) is 10.0 Å². The Balaban J connectivity index is 2.03. The minimum atomic E-state index is -3.59. The highest BCUT2D eigenvalue weighted by Gasteiger charge is 2.23. The molecule has 1 aromatic carbocycles. The summed E-state index contributed by atoms with van der Waals surface area (Å²) in [6.07, 6.45) is 3.05. The lowest BCUT2D eigenvalue weighted by atomic mass is 9.87. The molecule has 1 aliphatic rings. The number of nitrogens with one attached hydrogen (secondary N) is 1. The molecule has 1 aromatic rings. The van der Waals surface area contributed by atoms with Crippen LogP contribution >= 0.6 is 11.6 Å². The summed E-state index contributed by atoms with van der Waals surface area (Å²) in [5, 5.41) is 9.84. The molecule has 2 rings (SSSR count). The second kappa shape index (κ2) is 6.43. The summed E-state index contributed by atoms with van der Waals surface area (Å²) in [5.41, 5.74) is 0.921. The fourth-order valence-electron chi connectivity index (χ4n) is 2.58. The van der Waals surface area contributed by atoms with Crippen LogP contribution in [0.5, 0.6) is 0 Å². The van der Waals surface area contributed by atoms with Crippen LogP contribution in [0.15, 0.2) is 23.1 Å². The van der Waals surface area contributed by atoms with Gasteiger partial charge in [-0.2, -0.15) is 0 Å². The summed E-state index contributed by atoms with van der Waals surface area (Å²) in [6.45, 7) is 2.21. The number of hydrogen-bond donors (Lipinski definition) is 2. The van der Waals surface area contributed by atoms with Crippen LogP contribution in [0.2, 0.25) is 5.02 Å². The van der Waals surface area contributed by atoms with E-state index in [-0.39, 0.29) is 21.9 Å². The molecule has 0 radical (unpaired) electrons. The van der Waals surface area contributed by atoms with Crippen molar-refractivity contribution in [3.8, 4) is 0 Å². The molecule has 0 heterocycles. The molecule has 2 N–H and O–H groups in total. The van der Waals surface area contributed by atoms with Gasteiger partial charge in [0, 0.05) is 6.54 Å². The van der Waals surface area contributed by atoms with Gasteiger partial charge in [-0.1, -0.05) is 24.1 Å². The molecule has 20 heavy (non-hydrogen) atoms. The molecule has 112 valence electrons. The number of aryl methyl sites for hydroxylation is 1. The van der Waals surface area contributed by atoms with Crippen molar-refractivity contribution in [3.05, 3.63) is 28.8 Å².